The van der Waals surface area contributed by atoms with Gasteiger partial charge in [-0.05, 0) is 31.0 Å². The highest BCUT2D eigenvalue weighted by Crippen LogP contribution is 2.26. The number of aromatic amines is 1. The Kier molecular flexibility index (Phi) is 6.53. The summed E-state index contributed by atoms with van der Waals surface area (Å²) in [5.41, 5.74) is -0.776. The van der Waals surface area contributed by atoms with Gasteiger partial charge in [-0.25, -0.2) is 4.79 Å². The Morgan fingerprint density at radius 2 is 2.00 bits per heavy atom. The highest BCUT2D eigenvalue weighted by atomic mass is 35.5. The van der Waals surface area contributed by atoms with Gasteiger partial charge in [0.05, 0.1) is 28.5 Å². The lowest BCUT2D eigenvalue weighted by Crippen LogP contribution is -2.42. The minimum atomic E-state index is -0.894. The van der Waals surface area contributed by atoms with Crippen LogP contribution in [0.2, 0.25) is 5.02 Å². The maximum atomic E-state index is 12.7. The van der Waals surface area contributed by atoms with Gasteiger partial charge >= 0.3 is 5.69 Å². The van der Waals surface area contributed by atoms with Crippen LogP contribution in [0.5, 0.6) is 0 Å². The van der Waals surface area contributed by atoms with Gasteiger partial charge < -0.3 is 15.5 Å². The third kappa shape index (κ3) is 4.81. The van der Waals surface area contributed by atoms with Crippen LogP contribution in [0.25, 0.3) is 5.69 Å². The predicted octanol–water partition coefficient (Wildman–Crippen LogP) is 1.56. The molecule has 0 unspecified atom stereocenters. The van der Waals surface area contributed by atoms with Gasteiger partial charge in [-0.1, -0.05) is 37.3 Å². The van der Waals surface area contributed by atoms with Crippen LogP contribution in [0, 0.1) is 0 Å². The van der Waals surface area contributed by atoms with Crippen LogP contribution in [0.3, 0.4) is 0 Å². The summed E-state index contributed by atoms with van der Waals surface area (Å²) in [6, 6.07) is 4.60. The number of hydrogen-bond acceptors (Lipinski definition) is 5. The average Bonchev–Trinajstić information content (AvgIpc) is 2.89. The van der Waals surface area contributed by atoms with Crippen LogP contribution < -0.4 is 11.0 Å². The molecule has 1 aromatic heterocycles. The van der Waals surface area contributed by atoms with E-state index in [2.05, 4.69) is 15.4 Å². The van der Waals surface area contributed by atoms with Gasteiger partial charge in [-0.2, -0.15) is 9.78 Å². The molecule has 1 fully saturated rings. The van der Waals surface area contributed by atoms with E-state index in [4.69, 9.17) is 16.7 Å². The number of aromatic nitrogens is 3. The van der Waals surface area contributed by atoms with E-state index in [9.17, 15) is 14.7 Å². The highest BCUT2D eigenvalue weighted by molar-refractivity contribution is 6.33. The van der Waals surface area contributed by atoms with E-state index in [0.717, 1.165) is 30.4 Å². The molecule has 0 radical (unpaired) electrons. The Balaban J connectivity index is 1.77. The first-order chi connectivity index (χ1) is 13.4. The van der Waals surface area contributed by atoms with Crippen molar-refractivity contribution in [2.75, 3.05) is 13.2 Å². The molecule has 3 rings (SSSR count). The minimum absolute atomic E-state index is 0.135. The number of amides is 1. The molecule has 0 spiro atoms. The molecule has 1 aliphatic carbocycles. The molecule has 8 nitrogen and oxygen atoms in total. The van der Waals surface area contributed by atoms with Crippen molar-refractivity contribution in [1.29, 1.82) is 0 Å². The zero-order chi connectivity index (χ0) is 20.1. The van der Waals surface area contributed by atoms with Gasteiger partial charge in [0.1, 0.15) is 5.82 Å². The second-order valence-electron chi connectivity index (χ2n) is 7.25. The number of carbonyl (C=O) groups is 1. The molecule has 1 aromatic carbocycles. The monoisotopic (exact) mass is 408 g/mol. The van der Waals surface area contributed by atoms with E-state index in [0.29, 0.717) is 24.4 Å². The fraction of sp³-hybridized carbons (Fsp3) is 0.526. The van der Waals surface area contributed by atoms with Crippen molar-refractivity contribution in [3.05, 3.63) is 45.1 Å². The fourth-order valence-corrected chi connectivity index (χ4v) is 3.69. The summed E-state index contributed by atoms with van der Waals surface area (Å²) in [6.07, 6.45) is 5.64. The van der Waals surface area contributed by atoms with E-state index < -0.39 is 17.2 Å². The normalized spacial score (nSPS) is 16.5. The number of H-pyrrole nitrogens is 1. The SMILES string of the molecule is O=C(NCC1(O)CCCCCC1)c1cc(-n2nc(CCO)[nH]c2=O)ccc1Cl. The molecule has 0 atom stereocenters. The fourth-order valence-electron chi connectivity index (χ4n) is 3.48. The number of hydrogen-bond donors (Lipinski definition) is 4. The topological polar surface area (TPSA) is 120 Å². The number of nitrogens with one attached hydrogen (secondary N) is 2. The number of benzene rings is 1. The average molecular weight is 409 g/mol. The number of aliphatic hydroxyl groups is 2. The van der Waals surface area contributed by atoms with E-state index in [1.165, 1.54) is 12.1 Å². The van der Waals surface area contributed by atoms with Gasteiger partial charge in [0.25, 0.3) is 5.91 Å². The number of carbonyl (C=O) groups excluding carboxylic acids is 1. The van der Waals surface area contributed by atoms with Gasteiger partial charge in [-0.3, -0.25) is 9.78 Å². The zero-order valence-corrected chi connectivity index (χ0v) is 16.3. The Labute approximate surface area is 167 Å². The van der Waals surface area contributed by atoms with Crippen LogP contribution in [0.15, 0.2) is 23.0 Å². The first kappa shape index (κ1) is 20.6. The summed E-state index contributed by atoms with van der Waals surface area (Å²) in [7, 11) is 0. The maximum absolute atomic E-state index is 12.7. The first-order valence-corrected chi connectivity index (χ1v) is 9.89. The summed E-state index contributed by atoms with van der Waals surface area (Å²) in [5.74, 6) is -0.0623. The van der Waals surface area contributed by atoms with E-state index in [-0.39, 0.29) is 30.2 Å². The molecule has 152 valence electrons. The largest absolute Gasteiger partial charge is 0.396 e. The molecular formula is C19H25ClN4O4. The van der Waals surface area contributed by atoms with Crippen molar-refractivity contribution < 1.29 is 15.0 Å². The number of halogens is 1. The van der Waals surface area contributed by atoms with Crippen molar-refractivity contribution in [3.63, 3.8) is 0 Å². The molecule has 1 heterocycles. The molecule has 28 heavy (non-hydrogen) atoms. The number of nitrogens with zero attached hydrogens (tertiary/aromatic N) is 2. The molecule has 1 saturated carbocycles. The van der Waals surface area contributed by atoms with Crippen molar-refractivity contribution in [3.8, 4) is 5.69 Å². The second-order valence-corrected chi connectivity index (χ2v) is 7.65. The summed E-state index contributed by atoms with van der Waals surface area (Å²) >= 11 is 6.18. The van der Waals surface area contributed by atoms with Crippen molar-refractivity contribution in [1.82, 2.24) is 20.1 Å². The summed E-state index contributed by atoms with van der Waals surface area (Å²) < 4.78 is 1.12. The summed E-state index contributed by atoms with van der Waals surface area (Å²) in [5, 5.41) is 26.8. The van der Waals surface area contributed by atoms with E-state index in [1.807, 2.05) is 0 Å². The Morgan fingerprint density at radius 1 is 1.29 bits per heavy atom. The Bertz CT molecular complexity index is 884. The third-order valence-corrected chi connectivity index (χ3v) is 5.39. The van der Waals surface area contributed by atoms with Crippen molar-refractivity contribution in [2.45, 2.75) is 50.5 Å². The smallest absolute Gasteiger partial charge is 0.348 e. The Hall–Kier alpha value is -2.16. The molecular weight excluding hydrogens is 384 g/mol. The third-order valence-electron chi connectivity index (χ3n) is 5.06. The number of aliphatic hydroxyl groups excluding tert-OH is 1. The first-order valence-electron chi connectivity index (χ1n) is 9.51. The summed E-state index contributed by atoms with van der Waals surface area (Å²) in [6.45, 7) is 0.0273. The summed E-state index contributed by atoms with van der Waals surface area (Å²) in [4.78, 5) is 27.3. The van der Waals surface area contributed by atoms with Crippen LogP contribution >= 0.6 is 11.6 Å². The molecule has 2 aromatic rings. The van der Waals surface area contributed by atoms with Crippen molar-refractivity contribution in [2.24, 2.45) is 0 Å². The Morgan fingerprint density at radius 3 is 2.68 bits per heavy atom. The van der Waals surface area contributed by atoms with Gasteiger partial charge in [0, 0.05) is 13.0 Å². The molecule has 0 saturated heterocycles. The second kappa shape index (κ2) is 8.89. The number of rotatable bonds is 6. The standard InChI is InChI=1S/C19H25ClN4O4/c20-15-6-5-13(24-18(27)22-16(23-24)7-10-25)11-14(15)17(26)21-12-19(28)8-3-1-2-4-9-19/h5-6,11,25,28H,1-4,7-10,12H2,(H,21,26)(H,22,23,27). The van der Waals surface area contributed by atoms with E-state index >= 15 is 0 Å². The highest BCUT2D eigenvalue weighted by Gasteiger charge is 2.28. The van der Waals surface area contributed by atoms with Gasteiger partial charge in [0.2, 0.25) is 0 Å². The van der Waals surface area contributed by atoms with Crippen LogP contribution in [-0.4, -0.2) is 49.6 Å². The lowest BCUT2D eigenvalue weighted by molar-refractivity contribution is 0.0246. The van der Waals surface area contributed by atoms with Crippen LogP contribution in [0.1, 0.15) is 54.7 Å². The maximum Gasteiger partial charge on any atom is 0.348 e. The lowest BCUT2D eigenvalue weighted by Gasteiger charge is -2.26. The molecule has 0 bridgehead atoms. The molecule has 1 aliphatic rings. The molecule has 1 amide bonds. The van der Waals surface area contributed by atoms with Gasteiger partial charge in [-0.15, -0.1) is 0 Å². The lowest BCUT2D eigenvalue weighted by atomic mass is 9.94. The molecule has 9 heteroatoms. The quantitative estimate of drug-likeness (QED) is 0.541. The predicted molar refractivity (Wildman–Crippen MR) is 105 cm³/mol. The van der Waals surface area contributed by atoms with Crippen molar-refractivity contribution >= 4 is 17.5 Å². The zero-order valence-electron chi connectivity index (χ0n) is 15.6. The molecule has 0 aliphatic heterocycles. The van der Waals surface area contributed by atoms with Gasteiger partial charge in [0.15, 0.2) is 0 Å². The van der Waals surface area contributed by atoms with E-state index in [1.54, 1.807) is 6.07 Å². The minimum Gasteiger partial charge on any atom is -0.396 e. The molecule has 4 N–H and O–H groups in total. The van der Waals surface area contributed by atoms with Crippen LogP contribution in [-0.2, 0) is 6.42 Å². The van der Waals surface area contributed by atoms with Crippen LogP contribution in [0.4, 0.5) is 0 Å².